The Labute approximate surface area is 120 Å². The molecule has 1 aromatic carbocycles. The molecule has 1 aliphatic carbocycles. The minimum atomic E-state index is 0.000899. The Morgan fingerprint density at radius 3 is 2.75 bits per heavy atom. The van der Waals surface area contributed by atoms with Crippen LogP contribution in [0, 0.1) is 5.92 Å². The molecule has 0 bridgehead atoms. The third-order valence-corrected chi connectivity index (χ3v) is 3.52. The maximum absolute atomic E-state index is 12.2. The summed E-state index contributed by atoms with van der Waals surface area (Å²) in [5, 5.41) is 2.87. The van der Waals surface area contributed by atoms with Gasteiger partial charge in [-0.25, -0.2) is 0 Å². The number of hydrogen-bond acceptors (Lipinski definition) is 2. The highest BCUT2D eigenvalue weighted by Crippen LogP contribution is 2.30. The highest BCUT2D eigenvalue weighted by Gasteiger charge is 2.29. The van der Waals surface area contributed by atoms with Crippen LogP contribution >= 0.6 is 0 Å². The van der Waals surface area contributed by atoms with Crippen molar-refractivity contribution in [2.45, 2.75) is 32.6 Å². The Morgan fingerprint density at radius 2 is 2.10 bits per heavy atom. The highest BCUT2D eigenvalue weighted by atomic mass is 16.2. The van der Waals surface area contributed by atoms with Gasteiger partial charge in [0, 0.05) is 30.8 Å². The van der Waals surface area contributed by atoms with Crippen LogP contribution in [-0.4, -0.2) is 30.3 Å². The molecular formula is C16H22N2O2. The SMILES string of the molecule is CCCCN(C)C(=O)c1cccc(NC(=O)C2CC2)c1. The summed E-state index contributed by atoms with van der Waals surface area (Å²) in [7, 11) is 1.81. The van der Waals surface area contributed by atoms with E-state index in [1.165, 1.54) is 0 Å². The molecule has 0 unspecified atom stereocenters. The second-order valence-electron chi connectivity index (χ2n) is 5.42. The van der Waals surface area contributed by atoms with Gasteiger partial charge in [0.1, 0.15) is 0 Å². The van der Waals surface area contributed by atoms with Gasteiger partial charge in [0.05, 0.1) is 0 Å². The zero-order chi connectivity index (χ0) is 14.5. The van der Waals surface area contributed by atoms with Gasteiger partial charge in [-0.15, -0.1) is 0 Å². The summed E-state index contributed by atoms with van der Waals surface area (Å²) in [5.41, 5.74) is 1.33. The van der Waals surface area contributed by atoms with E-state index in [4.69, 9.17) is 0 Å². The van der Waals surface area contributed by atoms with Crippen LogP contribution < -0.4 is 5.32 Å². The van der Waals surface area contributed by atoms with Crippen molar-refractivity contribution >= 4 is 17.5 Å². The van der Waals surface area contributed by atoms with Crippen LogP contribution in [0.25, 0.3) is 0 Å². The van der Waals surface area contributed by atoms with Crippen molar-refractivity contribution in [3.05, 3.63) is 29.8 Å². The number of carbonyl (C=O) groups is 2. The van der Waals surface area contributed by atoms with E-state index >= 15 is 0 Å². The molecule has 108 valence electrons. The van der Waals surface area contributed by atoms with Gasteiger partial charge in [0.25, 0.3) is 5.91 Å². The fraction of sp³-hybridized carbons (Fsp3) is 0.500. The molecule has 2 amide bonds. The van der Waals surface area contributed by atoms with Crippen LogP contribution in [0.4, 0.5) is 5.69 Å². The van der Waals surface area contributed by atoms with Crippen molar-refractivity contribution in [1.29, 1.82) is 0 Å². The van der Waals surface area contributed by atoms with Gasteiger partial charge in [0.2, 0.25) is 5.91 Å². The van der Waals surface area contributed by atoms with Gasteiger partial charge in [-0.1, -0.05) is 19.4 Å². The lowest BCUT2D eigenvalue weighted by molar-refractivity contribution is -0.117. The molecule has 4 heteroatoms. The van der Waals surface area contributed by atoms with Crippen LogP contribution in [0.5, 0.6) is 0 Å². The molecule has 4 nitrogen and oxygen atoms in total. The van der Waals surface area contributed by atoms with E-state index in [0.29, 0.717) is 11.3 Å². The number of benzene rings is 1. The van der Waals surface area contributed by atoms with Crippen molar-refractivity contribution < 1.29 is 9.59 Å². The lowest BCUT2D eigenvalue weighted by Gasteiger charge is -2.17. The summed E-state index contributed by atoms with van der Waals surface area (Å²) in [6.07, 6.45) is 4.02. The monoisotopic (exact) mass is 274 g/mol. The summed E-state index contributed by atoms with van der Waals surface area (Å²) in [5.74, 6) is 0.233. The summed E-state index contributed by atoms with van der Waals surface area (Å²) in [6.45, 7) is 2.86. The second kappa shape index (κ2) is 6.55. The Bertz CT molecular complexity index is 495. The molecular weight excluding hydrogens is 252 g/mol. The number of anilines is 1. The van der Waals surface area contributed by atoms with Gasteiger partial charge >= 0.3 is 0 Å². The predicted octanol–water partition coefficient (Wildman–Crippen LogP) is 2.91. The number of hydrogen-bond donors (Lipinski definition) is 1. The lowest BCUT2D eigenvalue weighted by Crippen LogP contribution is -2.27. The van der Waals surface area contributed by atoms with Crippen LogP contribution in [0.15, 0.2) is 24.3 Å². The van der Waals surface area contributed by atoms with E-state index in [2.05, 4.69) is 12.2 Å². The molecule has 0 atom stereocenters. The van der Waals surface area contributed by atoms with Crippen LogP contribution in [0.2, 0.25) is 0 Å². The van der Waals surface area contributed by atoms with E-state index in [1.807, 2.05) is 19.2 Å². The molecule has 1 aromatic rings. The summed E-state index contributed by atoms with van der Waals surface area (Å²) >= 11 is 0. The Balaban J connectivity index is 2.00. The number of carbonyl (C=O) groups excluding carboxylic acids is 2. The molecule has 0 radical (unpaired) electrons. The van der Waals surface area contributed by atoms with Crippen molar-refractivity contribution in [1.82, 2.24) is 4.90 Å². The fourth-order valence-corrected chi connectivity index (χ4v) is 2.04. The maximum Gasteiger partial charge on any atom is 0.253 e. The van der Waals surface area contributed by atoms with E-state index in [-0.39, 0.29) is 17.7 Å². The number of rotatable bonds is 6. The molecule has 0 heterocycles. The van der Waals surface area contributed by atoms with Gasteiger partial charge in [-0.2, -0.15) is 0 Å². The molecule has 1 N–H and O–H groups in total. The van der Waals surface area contributed by atoms with E-state index in [1.54, 1.807) is 17.0 Å². The van der Waals surface area contributed by atoms with Crippen molar-refractivity contribution in [3.63, 3.8) is 0 Å². The predicted molar refractivity (Wildman–Crippen MR) is 79.7 cm³/mol. The quantitative estimate of drug-likeness (QED) is 0.867. The standard InChI is InChI=1S/C16H22N2O2/c1-3-4-10-18(2)16(20)13-6-5-7-14(11-13)17-15(19)12-8-9-12/h5-7,11-12H,3-4,8-10H2,1-2H3,(H,17,19). The van der Waals surface area contributed by atoms with Crippen LogP contribution in [-0.2, 0) is 4.79 Å². The van der Waals surface area contributed by atoms with Crippen LogP contribution in [0.3, 0.4) is 0 Å². The van der Waals surface area contributed by atoms with Crippen molar-refractivity contribution in [2.75, 3.05) is 18.9 Å². The average molecular weight is 274 g/mol. The molecule has 20 heavy (non-hydrogen) atoms. The Hall–Kier alpha value is -1.84. The number of amides is 2. The van der Waals surface area contributed by atoms with Gasteiger partial charge in [-0.05, 0) is 37.5 Å². The first kappa shape index (κ1) is 14.6. The average Bonchev–Trinajstić information content (AvgIpc) is 3.28. The molecule has 1 aliphatic rings. The highest BCUT2D eigenvalue weighted by molar-refractivity contribution is 5.98. The molecule has 0 saturated heterocycles. The molecule has 1 fully saturated rings. The lowest BCUT2D eigenvalue weighted by atomic mass is 10.1. The fourth-order valence-electron chi connectivity index (χ4n) is 2.04. The zero-order valence-electron chi connectivity index (χ0n) is 12.2. The van der Waals surface area contributed by atoms with Crippen LogP contribution in [0.1, 0.15) is 43.0 Å². The second-order valence-corrected chi connectivity index (χ2v) is 5.42. The first-order valence-corrected chi connectivity index (χ1v) is 7.28. The van der Waals surface area contributed by atoms with Crippen molar-refractivity contribution in [2.24, 2.45) is 5.92 Å². The normalized spacial score (nSPS) is 13.9. The Morgan fingerprint density at radius 1 is 1.35 bits per heavy atom. The molecule has 2 rings (SSSR count). The molecule has 1 saturated carbocycles. The van der Waals surface area contributed by atoms with E-state index in [0.717, 1.165) is 32.2 Å². The third kappa shape index (κ3) is 3.83. The number of nitrogens with one attached hydrogen (secondary N) is 1. The largest absolute Gasteiger partial charge is 0.342 e. The topological polar surface area (TPSA) is 49.4 Å². The summed E-state index contributed by atoms with van der Waals surface area (Å²) < 4.78 is 0. The first-order chi connectivity index (χ1) is 9.61. The number of unbranched alkanes of at least 4 members (excludes halogenated alkanes) is 1. The number of nitrogens with zero attached hydrogens (tertiary/aromatic N) is 1. The zero-order valence-corrected chi connectivity index (χ0v) is 12.2. The van der Waals surface area contributed by atoms with E-state index < -0.39 is 0 Å². The Kier molecular flexibility index (Phi) is 4.77. The van der Waals surface area contributed by atoms with Crippen molar-refractivity contribution in [3.8, 4) is 0 Å². The van der Waals surface area contributed by atoms with Gasteiger partial charge in [0.15, 0.2) is 0 Å². The minimum Gasteiger partial charge on any atom is -0.342 e. The first-order valence-electron chi connectivity index (χ1n) is 7.28. The molecule has 0 aromatic heterocycles. The molecule has 0 aliphatic heterocycles. The third-order valence-electron chi connectivity index (χ3n) is 3.52. The van der Waals surface area contributed by atoms with E-state index in [9.17, 15) is 9.59 Å². The smallest absolute Gasteiger partial charge is 0.253 e. The van der Waals surface area contributed by atoms with Gasteiger partial charge in [-0.3, -0.25) is 9.59 Å². The summed E-state index contributed by atoms with van der Waals surface area (Å²) in [4.78, 5) is 25.7. The summed E-state index contributed by atoms with van der Waals surface area (Å²) in [6, 6.07) is 7.18. The molecule has 0 spiro atoms. The van der Waals surface area contributed by atoms with Gasteiger partial charge < -0.3 is 10.2 Å². The minimum absolute atomic E-state index is 0.000899. The maximum atomic E-state index is 12.2.